The lowest BCUT2D eigenvalue weighted by atomic mass is 10.2. The number of benzene rings is 1. The first-order valence-electron chi connectivity index (χ1n) is 4.92. The molecule has 0 heterocycles. The van der Waals surface area contributed by atoms with Gasteiger partial charge in [-0.15, -0.1) is 0 Å². The van der Waals surface area contributed by atoms with E-state index in [0.717, 1.165) is 5.56 Å². The maximum atomic E-state index is 11.4. The molecule has 18 heavy (non-hydrogen) atoms. The Morgan fingerprint density at radius 3 is 1.83 bits per heavy atom. The molecular weight excluding hydrogens is 269 g/mol. The molecule has 0 unspecified atom stereocenters. The number of rotatable bonds is 2. The van der Waals surface area contributed by atoms with Crippen LogP contribution in [0.4, 0.5) is 13.2 Å². The summed E-state index contributed by atoms with van der Waals surface area (Å²) in [6.45, 7) is 3.17. The van der Waals surface area contributed by atoms with Crippen LogP contribution in [0.15, 0.2) is 41.1 Å². The van der Waals surface area contributed by atoms with Crippen LogP contribution in [0.2, 0.25) is 0 Å². The molecule has 1 N–H and O–H groups in total. The second-order valence-electron chi connectivity index (χ2n) is 3.31. The molecule has 0 aliphatic carbocycles. The molecule has 0 bridgehead atoms. The van der Waals surface area contributed by atoms with E-state index in [-0.39, 0.29) is 11.3 Å². The molecule has 3 nitrogen and oxygen atoms in total. The fraction of sp³-hybridized carbons (Fsp3) is 0.273. The van der Waals surface area contributed by atoms with Gasteiger partial charge in [-0.05, 0) is 19.1 Å². The van der Waals surface area contributed by atoms with Crippen molar-refractivity contribution in [2.24, 2.45) is 0 Å². The van der Waals surface area contributed by atoms with Crippen LogP contribution >= 0.6 is 0 Å². The van der Waals surface area contributed by atoms with Crippen LogP contribution in [-0.4, -0.2) is 13.0 Å². The predicted molar refractivity (Wildman–Crippen MR) is 61.6 cm³/mol. The first-order chi connectivity index (χ1) is 8.18. The summed E-state index contributed by atoms with van der Waals surface area (Å²) in [6, 6.07) is 5.99. The summed E-state index contributed by atoms with van der Waals surface area (Å²) < 4.78 is 62.8. The van der Waals surface area contributed by atoms with Crippen LogP contribution in [0.5, 0.6) is 0 Å². The van der Waals surface area contributed by atoms with E-state index in [0.29, 0.717) is 0 Å². The average molecular weight is 282 g/mol. The van der Waals surface area contributed by atoms with Crippen molar-refractivity contribution in [3.05, 3.63) is 41.7 Å². The van der Waals surface area contributed by atoms with Crippen molar-refractivity contribution >= 4 is 10.1 Å². The summed E-state index contributed by atoms with van der Waals surface area (Å²) in [5, 5.41) is 0. The van der Waals surface area contributed by atoms with Gasteiger partial charge >= 0.3 is 6.08 Å². The minimum absolute atomic E-state index is 0.0666. The predicted octanol–water partition coefficient (Wildman–Crippen LogP) is 3.72. The third-order valence-electron chi connectivity index (χ3n) is 1.83. The van der Waals surface area contributed by atoms with Crippen molar-refractivity contribution in [2.75, 3.05) is 0 Å². The summed E-state index contributed by atoms with van der Waals surface area (Å²) in [6.07, 6.45) is -2.43. The van der Waals surface area contributed by atoms with Crippen molar-refractivity contribution in [1.29, 1.82) is 0 Å². The van der Waals surface area contributed by atoms with Gasteiger partial charge in [-0.3, -0.25) is 4.55 Å². The third-order valence-corrected chi connectivity index (χ3v) is 2.70. The second-order valence-corrected chi connectivity index (χ2v) is 4.73. The molecule has 0 atom stereocenters. The number of allylic oxidation sites excluding steroid dienone is 1. The van der Waals surface area contributed by atoms with Crippen molar-refractivity contribution in [2.45, 2.75) is 25.2 Å². The highest BCUT2D eigenvalue weighted by molar-refractivity contribution is 7.85. The van der Waals surface area contributed by atoms with E-state index >= 15 is 0 Å². The number of aryl methyl sites for hydroxylation is 1. The minimum Gasteiger partial charge on any atom is -0.282 e. The Morgan fingerprint density at radius 1 is 1.17 bits per heavy atom. The Balaban J connectivity index is 0.000000360. The Morgan fingerprint density at radius 2 is 1.61 bits per heavy atom. The summed E-state index contributed by atoms with van der Waals surface area (Å²) in [5.74, 6) is -1.32. The maximum Gasteiger partial charge on any atom is 0.301 e. The Hall–Kier alpha value is -1.34. The van der Waals surface area contributed by atoms with Crippen LogP contribution < -0.4 is 0 Å². The highest BCUT2D eigenvalue weighted by atomic mass is 32.2. The van der Waals surface area contributed by atoms with Gasteiger partial charge in [0, 0.05) is 6.42 Å². The van der Waals surface area contributed by atoms with Gasteiger partial charge in [-0.2, -0.15) is 17.2 Å². The van der Waals surface area contributed by atoms with E-state index in [1.54, 1.807) is 12.1 Å². The fourth-order valence-corrected chi connectivity index (χ4v) is 1.32. The van der Waals surface area contributed by atoms with E-state index in [2.05, 4.69) is 0 Å². The fourth-order valence-electron chi connectivity index (χ4n) is 0.844. The highest BCUT2D eigenvalue weighted by Crippen LogP contribution is 2.11. The zero-order chi connectivity index (χ0) is 14.3. The molecule has 0 saturated heterocycles. The van der Waals surface area contributed by atoms with E-state index < -0.39 is 22.0 Å². The van der Waals surface area contributed by atoms with Gasteiger partial charge in [0.05, 0.1) is 4.90 Å². The van der Waals surface area contributed by atoms with Crippen molar-refractivity contribution in [1.82, 2.24) is 0 Å². The van der Waals surface area contributed by atoms with Gasteiger partial charge in [0.15, 0.2) is 5.83 Å². The lowest BCUT2D eigenvalue weighted by molar-refractivity contribution is 0.373. The van der Waals surface area contributed by atoms with E-state index in [9.17, 15) is 21.6 Å². The van der Waals surface area contributed by atoms with Crippen LogP contribution in [0, 0.1) is 6.92 Å². The molecule has 0 aromatic heterocycles. The smallest absolute Gasteiger partial charge is 0.282 e. The van der Waals surface area contributed by atoms with Gasteiger partial charge in [0.1, 0.15) is 0 Å². The van der Waals surface area contributed by atoms with Crippen LogP contribution in [-0.2, 0) is 10.1 Å². The lowest BCUT2D eigenvalue weighted by Crippen LogP contribution is -1.96. The Labute approximate surface area is 104 Å². The zero-order valence-corrected chi connectivity index (χ0v) is 10.6. The molecule has 0 spiro atoms. The second kappa shape index (κ2) is 7.17. The van der Waals surface area contributed by atoms with Gasteiger partial charge < -0.3 is 0 Å². The standard InChI is InChI=1S/C7H8O3S.C4H5F3/c1-6-2-4-7(5-3-6)11(8,9)10;1-2-3(5)4(6)7/h2-5H,1H3,(H,8,9,10);2H2,1H3. The van der Waals surface area contributed by atoms with Gasteiger partial charge in [-0.1, -0.05) is 24.6 Å². The molecule has 1 rings (SSSR count). The zero-order valence-electron chi connectivity index (χ0n) is 9.82. The van der Waals surface area contributed by atoms with Gasteiger partial charge in [0.2, 0.25) is 0 Å². The monoisotopic (exact) mass is 282 g/mol. The first-order valence-corrected chi connectivity index (χ1v) is 6.36. The van der Waals surface area contributed by atoms with Gasteiger partial charge in [0.25, 0.3) is 10.1 Å². The molecule has 1 aromatic carbocycles. The Kier molecular flexibility index (Phi) is 6.64. The van der Waals surface area contributed by atoms with Gasteiger partial charge in [-0.25, -0.2) is 4.39 Å². The van der Waals surface area contributed by atoms with Crippen molar-refractivity contribution in [3.63, 3.8) is 0 Å². The molecule has 0 aliphatic rings. The van der Waals surface area contributed by atoms with E-state index in [1.165, 1.54) is 19.1 Å². The number of hydrogen-bond donors (Lipinski definition) is 1. The van der Waals surface area contributed by atoms with Crippen LogP contribution in [0.1, 0.15) is 18.9 Å². The number of hydrogen-bond acceptors (Lipinski definition) is 2. The first kappa shape index (κ1) is 16.7. The van der Waals surface area contributed by atoms with Crippen molar-refractivity contribution in [3.8, 4) is 0 Å². The highest BCUT2D eigenvalue weighted by Gasteiger charge is 2.06. The molecule has 0 fully saturated rings. The normalized spacial score (nSPS) is 10.3. The molecular formula is C11H13F3O3S. The average Bonchev–Trinajstić information content (AvgIpc) is 2.28. The van der Waals surface area contributed by atoms with Crippen molar-refractivity contribution < 1.29 is 26.1 Å². The largest absolute Gasteiger partial charge is 0.301 e. The third kappa shape index (κ3) is 6.41. The molecule has 0 radical (unpaired) electrons. The molecule has 0 aliphatic heterocycles. The molecule has 102 valence electrons. The topological polar surface area (TPSA) is 54.4 Å². The van der Waals surface area contributed by atoms with E-state index in [1.807, 2.05) is 6.92 Å². The van der Waals surface area contributed by atoms with Crippen LogP contribution in [0.3, 0.4) is 0 Å². The molecule has 0 amide bonds. The maximum absolute atomic E-state index is 11.4. The SMILES string of the molecule is CCC(F)=C(F)F.Cc1ccc(S(=O)(=O)O)cc1. The quantitative estimate of drug-likeness (QED) is 0.841. The molecule has 0 saturated carbocycles. The molecule has 1 aromatic rings. The summed E-state index contributed by atoms with van der Waals surface area (Å²) in [7, 11) is -4.02. The minimum atomic E-state index is -4.02. The molecule has 7 heteroatoms. The summed E-state index contributed by atoms with van der Waals surface area (Å²) in [5.41, 5.74) is 0.956. The van der Waals surface area contributed by atoms with Crippen LogP contribution in [0.25, 0.3) is 0 Å². The summed E-state index contributed by atoms with van der Waals surface area (Å²) in [4.78, 5) is -0.0666. The van der Waals surface area contributed by atoms with E-state index in [4.69, 9.17) is 4.55 Å². The Bertz CT molecular complexity index is 503. The number of halogens is 3. The summed E-state index contributed by atoms with van der Waals surface area (Å²) >= 11 is 0. The lowest BCUT2D eigenvalue weighted by Gasteiger charge is -1.95.